The Morgan fingerprint density at radius 1 is 0.970 bits per heavy atom. The minimum atomic E-state index is -0.550. The predicted octanol–water partition coefficient (Wildman–Crippen LogP) is 6.14. The quantitative estimate of drug-likeness (QED) is 0.381. The summed E-state index contributed by atoms with van der Waals surface area (Å²) in [5, 5.41) is 9.61. The summed E-state index contributed by atoms with van der Waals surface area (Å²) in [6.45, 7) is 1.95. The van der Waals surface area contributed by atoms with E-state index in [1.807, 2.05) is 55.5 Å². The van der Waals surface area contributed by atoms with E-state index in [2.05, 4.69) is 22.1 Å². The maximum absolute atomic E-state index is 13.6. The fourth-order valence-electron chi connectivity index (χ4n) is 4.86. The second-order valence-corrected chi connectivity index (χ2v) is 9.68. The number of thiophene rings is 1. The van der Waals surface area contributed by atoms with Gasteiger partial charge in [0.05, 0.1) is 16.8 Å². The lowest BCUT2D eigenvalue weighted by molar-refractivity contribution is -0.116. The molecular formula is C27H22N2O3S. The number of carbonyl (C=O) groups excluding carboxylic acids is 1. The van der Waals surface area contributed by atoms with Crippen molar-refractivity contribution in [2.45, 2.75) is 31.7 Å². The van der Waals surface area contributed by atoms with E-state index in [1.54, 1.807) is 11.3 Å². The van der Waals surface area contributed by atoms with E-state index in [0.29, 0.717) is 28.7 Å². The highest BCUT2D eigenvalue weighted by Gasteiger charge is 2.37. The highest BCUT2D eigenvalue weighted by Crippen LogP contribution is 2.44. The fourth-order valence-corrected chi connectivity index (χ4v) is 5.69. The Kier molecular flexibility index (Phi) is 4.69. The smallest absolute Gasteiger partial charge is 0.193 e. The molecule has 0 fully saturated rings. The van der Waals surface area contributed by atoms with Crippen molar-refractivity contribution in [3.8, 4) is 0 Å². The molecule has 2 atom stereocenters. The van der Waals surface area contributed by atoms with E-state index in [4.69, 9.17) is 4.42 Å². The highest BCUT2D eigenvalue weighted by molar-refractivity contribution is 7.10. The van der Waals surface area contributed by atoms with Crippen LogP contribution in [0.1, 0.15) is 41.0 Å². The molecule has 3 heterocycles. The summed E-state index contributed by atoms with van der Waals surface area (Å²) in [4.78, 5) is 27.7. The molecule has 5 nitrogen and oxygen atoms in total. The van der Waals surface area contributed by atoms with Gasteiger partial charge >= 0.3 is 0 Å². The van der Waals surface area contributed by atoms with Crippen molar-refractivity contribution < 1.29 is 9.21 Å². The van der Waals surface area contributed by atoms with Gasteiger partial charge in [0, 0.05) is 34.6 Å². The van der Waals surface area contributed by atoms with Crippen molar-refractivity contribution in [1.29, 1.82) is 0 Å². The zero-order valence-electron chi connectivity index (χ0n) is 18.1. The van der Waals surface area contributed by atoms with Crippen molar-refractivity contribution in [2.24, 2.45) is 0 Å². The Morgan fingerprint density at radius 3 is 2.64 bits per heavy atom. The average Bonchev–Trinajstić information content (AvgIpc) is 3.28. The van der Waals surface area contributed by atoms with Gasteiger partial charge in [0.15, 0.2) is 11.2 Å². The Labute approximate surface area is 194 Å². The van der Waals surface area contributed by atoms with Crippen LogP contribution in [0.25, 0.3) is 11.0 Å². The van der Waals surface area contributed by atoms with Gasteiger partial charge in [-0.1, -0.05) is 29.8 Å². The number of Topliss-reactive ketones (excluding diaryl/α,β-unsaturated/α-hetero) is 1. The minimum absolute atomic E-state index is 0.0686. The third-order valence-corrected chi connectivity index (χ3v) is 7.48. The van der Waals surface area contributed by atoms with Gasteiger partial charge in [-0.25, -0.2) is 0 Å². The van der Waals surface area contributed by atoms with Crippen molar-refractivity contribution in [2.75, 3.05) is 10.6 Å². The van der Waals surface area contributed by atoms with Crippen LogP contribution < -0.4 is 16.1 Å². The van der Waals surface area contributed by atoms with Crippen LogP contribution >= 0.6 is 11.3 Å². The molecule has 0 saturated heterocycles. The van der Waals surface area contributed by atoms with Crippen LogP contribution in [0.15, 0.2) is 86.5 Å². The van der Waals surface area contributed by atoms with Gasteiger partial charge in [0.2, 0.25) is 0 Å². The molecular weight excluding hydrogens is 432 g/mol. The monoisotopic (exact) mass is 454 g/mol. The molecule has 0 amide bonds. The summed E-state index contributed by atoms with van der Waals surface area (Å²) in [5.41, 5.74) is 4.73. The molecule has 6 heteroatoms. The first-order valence-corrected chi connectivity index (χ1v) is 11.9. The van der Waals surface area contributed by atoms with Gasteiger partial charge in [-0.2, -0.15) is 0 Å². The molecule has 2 N–H and O–H groups in total. The van der Waals surface area contributed by atoms with E-state index in [0.717, 1.165) is 29.1 Å². The zero-order valence-corrected chi connectivity index (χ0v) is 18.9. The van der Waals surface area contributed by atoms with Crippen molar-refractivity contribution in [3.05, 3.63) is 104 Å². The van der Waals surface area contributed by atoms with Crippen LogP contribution in [-0.4, -0.2) is 5.78 Å². The first kappa shape index (κ1) is 20.0. The van der Waals surface area contributed by atoms with E-state index in [9.17, 15) is 9.59 Å². The summed E-state index contributed by atoms with van der Waals surface area (Å²) in [7, 11) is 0. The number of carbonyl (C=O) groups is 1. The molecule has 1 aliphatic carbocycles. The van der Waals surface area contributed by atoms with E-state index < -0.39 is 6.04 Å². The number of para-hydroxylation sites is 2. The summed E-state index contributed by atoms with van der Waals surface area (Å²) >= 11 is 1.69. The number of aryl methyl sites for hydroxylation is 1. The largest absolute Gasteiger partial charge is 0.458 e. The number of rotatable bonds is 2. The number of benzene rings is 2. The lowest BCUT2D eigenvalue weighted by Crippen LogP contribution is -2.27. The maximum atomic E-state index is 13.6. The number of nitrogens with one attached hydrogen (secondary N) is 2. The number of ketones is 1. The first-order valence-electron chi connectivity index (χ1n) is 11.0. The topological polar surface area (TPSA) is 71.3 Å². The average molecular weight is 455 g/mol. The van der Waals surface area contributed by atoms with Crippen LogP contribution in [0.4, 0.5) is 11.4 Å². The third-order valence-electron chi connectivity index (χ3n) is 6.44. The van der Waals surface area contributed by atoms with Crippen LogP contribution in [0, 0.1) is 6.92 Å². The van der Waals surface area contributed by atoms with Gasteiger partial charge in [-0.15, -0.1) is 11.3 Å². The lowest BCUT2D eigenvalue weighted by atomic mass is 9.82. The summed E-state index contributed by atoms with van der Waals surface area (Å²) in [6.07, 6.45) is 1.16. The molecule has 2 aromatic heterocycles. The minimum Gasteiger partial charge on any atom is -0.458 e. The van der Waals surface area contributed by atoms with Gasteiger partial charge in [0.25, 0.3) is 0 Å². The van der Waals surface area contributed by atoms with E-state index in [-0.39, 0.29) is 17.1 Å². The molecule has 0 radical (unpaired) electrons. The molecule has 0 unspecified atom stereocenters. The summed E-state index contributed by atoms with van der Waals surface area (Å²) in [6, 6.07) is 18.6. The third kappa shape index (κ3) is 3.47. The molecule has 0 bridgehead atoms. The second-order valence-electron chi connectivity index (χ2n) is 8.70. The Bertz CT molecular complexity index is 1480. The molecule has 0 spiro atoms. The van der Waals surface area contributed by atoms with Gasteiger partial charge in [-0.3, -0.25) is 9.59 Å². The Hall–Kier alpha value is -3.64. The number of hydrogen-bond acceptors (Lipinski definition) is 6. The van der Waals surface area contributed by atoms with E-state index >= 15 is 0 Å². The molecule has 164 valence electrons. The summed E-state index contributed by atoms with van der Waals surface area (Å²) in [5.74, 6) is 0.658. The molecule has 2 aliphatic rings. The molecule has 33 heavy (non-hydrogen) atoms. The maximum Gasteiger partial charge on any atom is 0.193 e. The normalized spacial score (nSPS) is 20.0. The van der Waals surface area contributed by atoms with Crippen LogP contribution in [0.5, 0.6) is 0 Å². The predicted molar refractivity (Wildman–Crippen MR) is 132 cm³/mol. The molecule has 2 aromatic carbocycles. The molecule has 0 saturated carbocycles. The molecule has 4 aromatic rings. The summed E-state index contributed by atoms with van der Waals surface area (Å²) < 4.78 is 6.23. The standard InChI is InChI=1S/C27H22N2O3S/c1-15-8-9-23-17(11-15)21(30)14-24(32-23)27-26-20(28-18-5-2-3-6-19(18)29-27)12-16(13-22(26)31)25-7-4-10-33-25/h2-11,14,16,27-29H,12-13H2,1H3/t16-,27-/m1/s1. The van der Waals surface area contributed by atoms with Gasteiger partial charge < -0.3 is 15.1 Å². The fraction of sp³-hybridized carbons (Fsp3) is 0.185. The number of anilines is 2. The van der Waals surface area contributed by atoms with Crippen LogP contribution in [-0.2, 0) is 4.79 Å². The van der Waals surface area contributed by atoms with Gasteiger partial charge in [-0.05, 0) is 49.1 Å². The second kappa shape index (κ2) is 7.74. The Balaban J connectivity index is 1.52. The lowest BCUT2D eigenvalue weighted by Gasteiger charge is -2.28. The SMILES string of the molecule is Cc1ccc2oc([C@H]3Nc4ccccc4NC4=C3C(=O)C[C@H](c3cccs3)C4)cc(=O)c2c1. The van der Waals surface area contributed by atoms with E-state index in [1.165, 1.54) is 10.9 Å². The van der Waals surface area contributed by atoms with Crippen molar-refractivity contribution in [1.82, 2.24) is 0 Å². The number of allylic oxidation sites excluding steroid dienone is 1. The molecule has 6 rings (SSSR count). The molecule has 1 aliphatic heterocycles. The Morgan fingerprint density at radius 2 is 1.82 bits per heavy atom. The zero-order chi connectivity index (χ0) is 22.5. The van der Waals surface area contributed by atoms with Crippen molar-refractivity contribution in [3.63, 3.8) is 0 Å². The van der Waals surface area contributed by atoms with Crippen molar-refractivity contribution >= 4 is 39.5 Å². The van der Waals surface area contributed by atoms with Gasteiger partial charge in [0.1, 0.15) is 17.4 Å². The van der Waals surface area contributed by atoms with Crippen LogP contribution in [0.2, 0.25) is 0 Å². The number of fused-ring (bicyclic) bond motifs is 2. The van der Waals surface area contributed by atoms with Crippen LogP contribution in [0.3, 0.4) is 0 Å². The highest BCUT2D eigenvalue weighted by atomic mass is 32.1. The number of hydrogen-bond donors (Lipinski definition) is 2. The first-order chi connectivity index (χ1) is 16.1.